The van der Waals surface area contributed by atoms with E-state index in [1.54, 1.807) is 0 Å². The van der Waals surface area contributed by atoms with Crippen molar-refractivity contribution in [2.24, 2.45) is 0 Å². The summed E-state index contributed by atoms with van der Waals surface area (Å²) >= 11 is 0. The van der Waals surface area contributed by atoms with Gasteiger partial charge in [0.05, 0.1) is 12.2 Å². The topological polar surface area (TPSA) is 58.3 Å². The molecule has 1 fully saturated rings. The number of piperidine rings is 1. The Labute approximate surface area is 166 Å². The number of nitrogens with zero attached hydrogens (tertiary/aromatic N) is 5. The highest BCUT2D eigenvalue weighted by Crippen LogP contribution is 2.27. The van der Waals surface area contributed by atoms with Crippen LogP contribution in [0.5, 0.6) is 0 Å². The molecule has 28 heavy (non-hydrogen) atoms. The van der Waals surface area contributed by atoms with Gasteiger partial charge < -0.3 is 14.3 Å². The van der Waals surface area contributed by atoms with E-state index in [2.05, 4.69) is 33.1 Å². The van der Waals surface area contributed by atoms with Crippen LogP contribution in [0.2, 0.25) is 0 Å². The van der Waals surface area contributed by atoms with Gasteiger partial charge in [0.1, 0.15) is 17.3 Å². The highest BCUT2D eigenvalue weighted by atomic mass is 16.5. The molecule has 0 radical (unpaired) electrons. The quantitative estimate of drug-likeness (QED) is 0.672. The van der Waals surface area contributed by atoms with Crippen molar-refractivity contribution in [3.63, 3.8) is 0 Å². The maximum Gasteiger partial charge on any atom is 0.167 e. The minimum absolute atomic E-state index is 0.476. The lowest BCUT2D eigenvalue weighted by molar-refractivity contribution is 0.248. The summed E-state index contributed by atoms with van der Waals surface area (Å²) in [5.74, 6) is 3.01. The van der Waals surface area contributed by atoms with Crippen LogP contribution in [0.3, 0.4) is 0 Å². The third-order valence-electron chi connectivity index (χ3n) is 5.29. The molecule has 0 saturated carbocycles. The molecule has 1 atom stereocenters. The number of hydrogen-bond acceptors (Lipinski definition) is 6. The summed E-state index contributed by atoms with van der Waals surface area (Å²) in [4.78, 5) is 13.9. The lowest BCUT2D eigenvalue weighted by atomic mass is 9.95. The van der Waals surface area contributed by atoms with Crippen LogP contribution >= 0.6 is 0 Å². The molecule has 146 valence electrons. The first-order chi connectivity index (χ1) is 13.6. The van der Waals surface area contributed by atoms with Crippen LogP contribution in [0, 0.1) is 6.92 Å². The Morgan fingerprint density at radius 1 is 1.18 bits per heavy atom. The molecule has 3 aromatic rings. The molecule has 0 amide bonds. The van der Waals surface area contributed by atoms with E-state index >= 15 is 0 Å². The molecule has 1 aliphatic heterocycles. The smallest absolute Gasteiger partial charge is 0.167 e. The van der Waals surface area contributed by atoms with Gasteiger partial charge in [-0.3, -0.25) is 0 Å². The van der Waals surface area contributed by atoms with Gasteiger partial charge in [-0.05, 0) is 33.4 Å². The second-order valence-electron chi connectivity index (χ2n) is 7.70. The number of anilines is 1. The van der Waals surface area contributed by atoms with Gasteiger partial charge in [-0.15, -0.1) is 0 Å². The molecule has 6 nitrogen and oxygen atoms in total. The first kappa shape index (κ1) is 18.6. The molecule has 1 aromatic carbocycles. The summed E-state index contributed by atoms with van der Waals surface area (Å²) in [7, 11) is 4.22. The Morgan fingerprint density at radius 3 is 2.79 bits per heavy atom. The Kier molecular flexibility index (Phi) is 5.39. The third-order valence-corrected chi connectivity index (χ3v) is 5.29. The highest BCUT2D eigenvalue weighted by molar-refractivity contribution is 5.57. The summed E-state index contributed by atoms with van der Waals surface area (Å²) in [6, 6.07) is 14.2. The van der Waals surface area contributed by atoms with Crippen LogP contribution in [0.15, 0.2) is 47.0 Å². The number of likely N-dealkylation sites (N-methyl/N-ethyl adjacent to an activating group) is 1. The van der Waals surface area contributed by atoms with E-state index in [1.165, 1.54) is 19.4 Å². The standard InChI is InChI=1S/C22H27N5O/c1-16-23-20(18-10-7-11-26(2)14-18)13-22(24-16)27(3)15-19-12-21(28-25-19)17-8-5-4-6-9-17/h4-6,8-9,12-13,18H,7,10-11,14-15H2,1-3H3. The van der Waals surface area contributed by atoms with Gasteiger partial charge in [-0.1, -0.05) is 35.5 Å². The molecule has 0 aliphatic carbocycles. The van der Waals surface area contributed by atoms with Crippen LogP contribution in [0.25, 0.3) is 11.3 Å². The fourth-order valence-corrected chi connectivity index (χ4v) is 3.84. The molecular weight excluding hydrogens is 350 g/mol. The van der Waals surface area contributed by atoms with E-state index in [0.717, 1.165) is 40.9 Å². The van der Waals surface area contributed by atoms with Crippen molar-refractivity contribution >= 4 is 5.82 Å². The van der Waals surface area contributed by atoms with Crippen LogP contribution in [0.4, 0.5) is 5.82 Å². The predicted molar refractivity (Wildman–Crippen MR) is 110 cm³/mol. The largest absolute Gasteiger partial charge is 0.356 e. The second-order valence-corrected chi connectivity index (χ2v) is 7.70. The lowest BCUT2D eigenvalue weighted by Gasteiger charge is -2.30. The molecule has 0 bridgehead atoms. The number of rotatable bonds is 5. The van der Waals surface area contributed by atoms with Gasteiger partial charge in [0.15, 0.2) is 5.76 Å². The zero-order valence-corrected chi connectivity index (χ0v) is 16.8. The van der Waals surface area contributed by atoms with Gasteiger partial charge in [-0.25, -0.2) is 9.97 Å². The van der Waals surface area contributed by atoms with Gasteiger partial charge in [0.25, 0.3) is 0 Å². The molecule has 4 rings (SSSR count). The maximum absolute atomic E-state index is 5.53. The summed E-state index contributed by atoms with van der Waals surface area (Å²) in [6.07, 6.45) is 2.41. The third kappa shape index (κ3) is 4.22. The maximum atomic E-state index is 5.53. The molecule has 6 heteroatoms. The van der Waals surface area contributed by atoms with E-state index in [9.17, 15) is 0 Å². The van der Waals surface area contributed by atoms with E-state index in [-0.39, 0.29) is 0 Å². The number of benzene rings is 1. The normalized spacial score (nSPS) is 17.6. The molecular formula is C22H27N5O. The van der Waals surface area contributed by atoms with Gasteiger partial charge >= 0.3 is 0 Å². The Bertz CT molecular complexity index is 924. The van der Waals surface area contributed by atoms with Crippen LogP contribution in [0.1, 0.15) is 36.0 Å². The predicted octanol–water partition coefficient (Wildman–Crippen LogP) is 3.89. The summed E-state index contributed by atoms with van der Waals surface area (Å²) in [5.41, 5.74) is 3.06. The van der Waals surface area contributed by atoms with Crippen molar-refractivity contribution in [2.75, 3.05) is 32.1 Å². The monoisotopic (exact) mass is 377 g/mol. The van der Waals surface area contributed by atoms with Gasteiger partial charge in [0.2, 0.25) is 0 Å². The molecule has 2 aromatic heterocycles. The highest BCUT2D eigenvalue weighted by Gasteiger charge is 2.22. The number of likely N-dealkylation sites (tertiary alicyclic amines) is 1. The van der Waals surface area contributed by atoms with Gasteiger partial charge in [0, 0.05) is 37.2 Å². The summed E-state index contributed by atoms with van der Waals surface area (Å²) < 4.78 is 5.53. The van der Waals surface area contributed by atoms with Crippen molar-refractivity contribution in [3.8, 4) is 11.3 Å². The first-order valence-electron chi connectivity index (χ1n) is 9.85. The van der Waals surface area contributed by atoms with Crippen molar-refractivity contribution in [1.82, 2.24) is 20.0 Å². The van der Waals surface area contributed by atoms with Crippen LogP contribution < -0.4 is 4.90 Å². The van der Waals surface area contributed by atoms with Crippen molar-refractivity contribution < 1.29 is 4.52 Å². The van der Waals surface area contributed by atoms with Crippen molar-refractivity contribution in [3.05, 3.63) is 59.7 Å². The molecule has 3 heterocycles. The average Bonchev–Trinajstić information content (AvgIpc) is 3.17. The van der Waals surface area contributed by atoms with Gasteiger partial charge in [-0.2, -0.15) is 0 Å². The average molecular weight is 377 g/mol. The fourth-order valence-electron chi connectivity index (χ4n) is 3.84. The number of aromatic nitrogens is 3. The fraction of sp³-hybridized carbons (Fsp3) is 0.409. The van der Waals surface area contributed by atoms with E-state index in [4.69, 9.17) is 9.51 Å². The van der Waals surface area contributed by atoms with Crippen LogP contribution in [-0.4, -0.2) is 47.2 Å². The molecule has 1 saturated heterocycles. The Morgan fingerprint density at radius 2 is 2.00 bits per heavy atom. The van der Waals surface area contributed by atoms with Crippen molar-refractivity contribution in [2.45, 2.75) is 32.2 Å². The van der Waals surface area contributed by atoms with E-state index in [0.29, 0.717) is 12.5 Å². The van der Waals surface area contributed by atoms with E-state index in [1.807, 2.05) is 50.4 Å². The SMILES string of the molecule is Cc1nc(C2CCCN(C)C2)cc(N(C)Cc2cc(-c3ccccc3)on2)n1. The van der Waals surface area contributed by atoms with Crippen LogP contribution in [-0.2, 0) is 6.54 Å². The summed E-state index contributed by atoms with van der Waals surface area (Å²) in [6.45, 7) is 4.83. The molecule has 0 spiro atoms. The second kappa shape index (κ2) is 8.10. The van der Waals surface area contributed by atoms with Crippen molar-refractivity contribution in [1.29, 1.82) is 0 Å². The molecule has 1 aliphatic rings. The Hall–Kier alpha value is -2.73. The zero-order chi connectivity index (χ0) is 19.5. The molecule has 0 N–H and O–H groups in total. The lowest BCUT2D eigenvalue weighted by Crippen LogP contribution is -2.31. The minimum atomic E-state index is 0.476. The molecule has 1 unspecified atom stereocenters. The Balaban J connectivity index is 1.50. The first-order valence-corrected chi connectivity index (χ1v) is 9.85. The van der Waals surface area contributed by atoms with E-state index < -0.39 is 0 Å². The number of aryl methyl sites for hydroxylation is 1. The zero-order valence-electron chi connectivity index (χ0n) is 16.8. The number of hydrogen-bond donors (Lipinski definition) is 0. The minimum Gasteiger partial charge on any atom is -0.356 e. The summed E-state index contributed by atoms with van der Waals surface area (Å²) in [5, 5.41) is 4.24.